The van der Waals surface area contributed by atoms with Crippen LogP contribution in [0.1, 0.15) is 49.9 Å². The summed E-state index contributed by atoms with van der Waals surface area (Å²) in [6, 6.07) is 7.85. The van der Waals surface area contributed by atoms with Crippen molar-refractivity contribution in [3.63, 3.8) is 0 Å². The minimum Gasteiger partial charge on any atom is -0.476 e. The van der Waals surface area contributed by atoms with Crippen LogP contribution in [-0.4, -0.2) is 40.5 Å². The lowest BCUT2D eigenvalue weighted by molar-refractivity contribution is -0.135. The molecule has 32 heavy (non-hydrogen) atoms. The van der Waals surface area contributed by atoms with Crippen LogP contribution in [0.25, 0.3) is 0 Å². The Morgan fingerprint density at radius 3 is 2.47 bits per heavy atom. The predicted octanol–water partition coefficient (Wildman–Crippen LogP) is 3.45. The third-order valence-corrected chi connectivity index (χ3v) is 6.47. The quantitative estimate of drug-likeness (QED) is 0.688. The molecule has 3 atom stereocenters. The number of nitrogens with one attached hydrogen (secondary N) is 1. The summed E-state index contributed by atoms with van der Waals surface area (Å²) in [7, 11) is 0. The smallest absolute Gasteiger partial charge is 0.263 e. The van der Waals surface area contributed by atoms with Crippen LogP contribution in [0.2, 0.25) is 5.02 Å². The number of amides is 2. The number of fused-ring (bicyclic) bond motifs is 2. The maximum Gasteiger partial charge on any atom is 0.263 e. The maximum absolute atomic E-state index is 13.3. The van der Waals surface area contributed by atoms with Crippen molar-refractivity contribution >= 4 is 29.2 Å². The second kappa shape index (κ2) is 8.58. The van der Waals surface area contributed by atoms with Crippen LogP contribution in [0.4, 0.5) is 10.2 Å². The molecule has 2 aromatic rings. The Labute approximate surface area is 191 Å². The summed E-state index contributed by atoms with van der Waals surface area (Å²) in [4.78, 5) is 31.0. The van der Waals surface area contributed by atoms with E-state index in [2.05, 4.69) is 15.2 Å². The van der Waals surface area contributed by atoms with E-state index in [0.29, 0.717) is 5.56 Å². The lowest BCUT2D eigenvalue weighted by atomic mass is 9.96. The van der Waals surface area contributed by atoms with E-state index in [1.54, 1.807) is 19.9 Å². The third-order valence-electron chi connectivity index (χ3n) is 6.17. The number of rotatable bonds is 6. The van der Waals surface area contributed by atoms with Crippen LogP contribution >= 0.6 is 11.6 Å². The van der Waals surface area contributed by atoms with E-state index in [1.807, 2.05) is 6.07 Å². The Balaban J connectivity index is 1.40. The van der Waals surface area contributed by atoms with E-state index in [0.717, 1.165) is 37.6 Å². The Morgan fingerprint density at radius 2 is 1.91 bits per heavy atom. The molecule has 0 saturated carbocycles. The first-order chi connectivity index (χ1) is 15.1. The second-order valence-electron chi connectivity index (χ2n) is 8.89. The zero-order valence-corrected chi connectivity index (χ0v) is 18.7. The summed E-state index contributed by atoms with van der Waals surface area (Å²) in [5.41, 5.74) is 4.51. The lowest BCUT2D eigenvalue weighted by Gasteiger charge is -2.40. The van der Waals surface area contributed by atoms with Gasteiger partial charge < -0.3 is 20.7 Å². The Hall–Kier alpha value is -2.87. The molecule has 2 fully saturated rings. The second-order valence-corrected chi connectivity index (χ2v) is 9.30. The van der Waals surface area contributed by atoms with Crippen molar-refractivity contribution in [2.75, 3.05) is 4.90 Å². The largest absolute Gasteiger partial charge is 0.476 e. The molecule has 1 aromatic heterocycles. The summed E-state index contributed by atoms with van der Waals surface area (Å²) in [6.45, 7) is 3.33. The molecule has 2 aliphatic heterocycles. The average Bonchev–Trinajstić information content (AvgIpc) is 3.00. The van der Waals surface area contributed by atoms with Gasteiger partial charge in [-0.15, -0.1) is 0 Å². The van der Waals surface area contributed by atoms with Crippen molar-refractivity contribution in [3.05, 3.63) is 52.9 Å². The molecule has 3 N–H and O–H groups in total. The fourth-order valence-corrected chi connectivity index (χ4v) is 4.80. The van der Waals surface area contributed by atoms with Crippen molar-refractivity contribution in [3.8, 4) is 5.75 Å². The number of nitrogens with zero attached hydrogens (tertiary/aromatic N) is 2. The molecule has 0 radical (unpaired) electrons. The van der Waals surface area contributed by atoms with Crippen LogP contribution in [0, 0.1) is 5.82 Å². The van der Waals surface area contributed by atoms with Gasteiger partial charge in [0, 0.05) is 24.3 Å². The predicted molar refractivity (Wildman–Crippen MR) is 119 cm³/mol. The van der Waals surface area contributed by atoms with E-state index in [9.17, 15) is 14.0 Å². The minimum absolute atomic E-state index is 0.00714. The van der Waals surface area contributed by atoms with Gasteiger partial charge in [0.25, 0.3) is 5.91 Å². The van der Waals surface area contributed by atoms with Crippen LogP contribution < -0.4 is 20.7 Å². The van der Waals surface area contributed by atoms with Crippen molar-refractivity contribution in [1.29, 1.82) is 0 Å². The third kappa shape index (κ3) is 4.50. The number of piperidine rings is 1. The molecule has 2 aliphatic rings. The highest BCUT2D eigenvalue weighted by Crippen LogP contribution is 2.39. The van der Waals surface area contributed by atoms with Crippen LogP contribution in [0.15, 0.2) is 36.5 Å². The molecule has 1 unspecified atom stereocenters. The molecule has 4 rings (SSSR count). The molecule has 7 nitrogen and oxygen atoms in total. The maximum atomic E-state index is 13.3. The summed E-state index contributed by atoms with van der Waals surface area (Å²) in [6.07, 6.45) is 5.11. The number of nitrogens with two attached hydrogens (primary N) is 1. The Kier molecular flexibility index (Phi) is 5.99. The highest BCUT2D eigenvalue weighted by molar-refractivity contribution is 6.32. The Morgan fingerprint density at radius 1 is 1.22 bits per heavy atom. The van der Waals surface area contributed by atoms with Gasteiger partial charge in [0.05, 0.1) is 10.6 Å². The summed E-state index contributed by atoms with van der Waals surface area (Å²) < 4.78 is 19.1. The number of hydrogen-bond acceptors (Lipinski definition) is 5. The van der Waals surface area contributed by atoms with Gasteiger partial charge in [-0.1, -0.05) is 11.6 Å². The first-order valence-electron chi connectivity index (χ1n) is 10.6. The molecule has 0 aliphatic carbocycles. The fraction of sp³-hybridized carbons (Fsp3) is 0.435. The first-order valence-corrected chi connectivity index (χ1v) is 11.0. The van der Waals surface area contributed by atoms with Crippen molar-refractivity contribution in [1.82, 2.24) is 10.3 Å². The van der Waals surface area contributed by atoms with Gasteiger partial charge in [-0.25, -0.2) is 9.37 Å². The van der Waals surface area contributed by atoms with E-state index in [4.69, 9.17) is 22.1 Å². The van der Waals surface area contributed by atoms with Crippen molar-refractivity contribution in [2.45, 2.75) is 63.3 Å². The van der Waals surface area contributed by atoms with Gasteiger partial charge in [0.15, 0.2) is 5.60 Å². The number of anilines is 1. The number of aromatic nitrogens is 1. The van der Waals surface area contributed by atoms with Crippen LogP contribution in [-0.2, 0) is 4.79 Å². The van der Waals surface area contributed by atoms with E-state index in [-0.39, 0.29) is 34.8 Å². The molecule has 2 bridgehead atoms. The zero-order valence-electron chi connectivity index (χ0n) is 18.0. The van der Waals surface area contributed by atoms with Crippen molar-refractivity contribution in [2.24, 2.45) is 5.73 Å². The van der Waals surface area contributed by atoms with E-state index >= 15 is 0 Å². The highest BCUT2D eigenvalue weighted by atomic mass is 35.5. The summed E-state index contributed by atoms with van der Waals surface area (Å²) in [5, 5.41) is 3.24. The minimum atomic E-state index is -1.18. The van der Waals surface area contributed by atoms with Crippen LogP contribution in [0.3, 0.4) is 0 Å². The zero-order chi connectivity index (χ0) is 23.0. The number of primary amides is 1. The van der Waals surface area contributed by atoms with Gasteiger partial charge in [-0.2, -0.15) is 0 Å². The van der Waals surface area contributed by atoms with Gasteiger partial charge in [-0.05, 0) is 69.9 Å². The molecule has 2 amide bonds. The van der Waals surface area contributed by atoms with E-state index < -0.39 is 17.3 Å². The standard InChI is InChI=1S/C23H26ClFN4O3/c1-23(2,32-19-7-4-14(25)9-18(19)24)22(31)28-15-10-16-5-6-17(11-15)29(16)20-8-3-13(12-27-20)21(26)30/h3-4,7-9,12,15-17H,5-6,10-11H2,1-2H3,(H2,26,30)(H,28,31)/t15?,16-,17+. The highest BCUT2D eigenvalue weighted by Gasteiger charge is 2.43. The molecule has 9 heteroatoms. The van der Waals surface area contributed by atoms with Gasteiger partial charge in [-0.3, -0.25) is 9.59 Å². The van der Waals surface area contributed by atoms with Gasteiger partial charge in [0.1, 0.15) is 17.4 Å². The van der Waals surface area contributed by atoms with Gasteiger partial charge >= 0.3 is 0 Å². The van der Waals surface area contributed by atoms with Crippen molar-refractivity contribution < 1.29 is 18.7 Å². The first kappa shape index (κ1) is 22.3. The number of pyridine rings is 1. The number of hydrogen-bond donors (Lipinski definition) is 2. The molecule has 2 saturated heterocycles. The SMILES string of the molecule is CC(C)(Oc1ccc(F)cc1Cl)C(=O)NC1C[C@H]2CC[C@@H](C1)N2c1ccc(C(N)=O)cn1. The number of ether oxygens (including phenoxy) is 1. The number of carbonyl (C=O) groups excluding carboxylic acids is 2. The van der Waals surface area contributed by atoms with E-state index in [1.165, 1.54) is 18.3 Å². The normalized spacial score (nSPS) is 22.5. The molecule has 3 heterocycles. The molecule has 1 aromatic carbocycles. The molecular formula is C23H26ClFN4O3. The monoisotopic (exact) mass is 460 g/mol. The fourth-order valence-electron chi connectivity index (χ4n) is 4.59. The average molecular weight is 461 g/mol. The molecule has 170 valence electrons. The Bertz CT molecular complexity index is 1020. The number of benzene rings is 1. The topological polar surface area (TPSA) is 97.5 Å². The number of halogens is 2. The summed E-state index contributed by atoms with van der Waals surface area (Å²) >= 11 is 6.05. The summed E-state index contributed by atoms with van der Waals surface area (Å²) in [5.74, 6) is -0.138. The number of carbonyl (C=O) groups is 2. The molecule has 0 spiro atoms. The lowest BCUT2D eigenvalue weighted by Crippen LogP contribution is -2.55. The van der Waals surface area contributed by atoms with Gasteiger partial charge in [0.2, 0.25) is 5.91 Å². The van der Waals surface area contributed by atoms with Crippen LogP contribution in [0.5, 0.6) is 5.75 Å². The molecular weight excluding hydrogens is 435 g/mol.